The minimum atomic E-state index is -0.934. The number of hydrogen-bond donors (Lipinski definition) is 2. The predicted octanol–water partition coefficient (Wildman–Crippen LogP) is 1.45. The molecule has 0 radical (unpaired) electrons. The Morgan fingerprint density at radius 1 is 1.38 bits per heavy atom. The Labute approximate surface area is 98.8 Å². The lowest BCUT2D eigenvalue weighted by molar-refractivity contribution is 0.0697. The molecule has 4 nitrogen and oxygen atoms in total. The normalized spacial score (nSPS) is 16.2. The van der Waals surface area contributed by atoms with Gasteiger partial charge in [-0.15, -0.1) is 0 Å². The molecule has 1 aliphatic rings. The predicted molar refractivity (Wildman–Crippen MR) is 63.5 cm³/mol. The summed E-state index contributed by atoms with van der Waals surface area (Å²) in [5.74, 6) is -0.934. The maximum absolute atomic E-state index is 11.1. The number of benzene rings is 1. The maximum atomic E-state index is 11.1. The van der Waals surface area contributed by atoms with Crippen LogP contribution in [0.5, 0.6) is 0 Å². The lowest BCUT2D eigenvalue weighted by Crippen LogP contribution is -2.44. The Morgan fingerprint density at radius 2 is 2.06 bits per heavy atom. The lowest BCUT2D eigenvalue weighted by Gasteiger charge is -2.31. The van der Waals surface area contributed by atoms with E-state index >= 15 is 0 Å². The van der Waals surface area contributed by atoms with Gasteiger partial charge in [-0.05, 0) is 12.1 Å². The summed E-state index contributed by atoms with van der Waals surface area (Å²) < 4.78 is 0. The van der Waals surface area contributed by atoms with Crippen molar-refractivity contribution in [3.05, 3.63) is 28.8 Å². The van der Waals surface area contributed by atoms with Crippen molar-refractivity contribution in [1.82, 2.24) is 5.32 Å². The number of nitrogens with one attached hydrogen (secondary N) is 1. The molecule has 1 fully saturated rings. The maximum Gasteiger partial charge on any atom is 0.337 e. The summed E-state index contributed by atoms with van der Waals surface area (Å²) in [7, 11) is 0. The Hall–Kier alpha value is -1.26. The highest BCUT2D eigenvalue weighted by Crippen LogP contribution is 2.30. The highest BCUT2D eigenvalue weighted by atomic mass is 35.5. The van der Waals surface area contributed by atoms with E-state index < -0.39 is 5.97 Å². The Bertz CT molecular complexity index is 403. The fourth-order valence-electron chi connectivity index (χ4n) is 1.90. The summed E-state index contributed by atoms with van der Waals surface area (Å²) in [4.78, 5) is 13.1. The van der Waals surface area contributed by atoms with Crippen LogP contribution in [0.25, 0.3) is 0 Å². The van der Waals surface area contributed by atoms with E-state index in [1.807, 2.05) is 4.90 Å². The highest BCUT2D eigenvalue weighted by molar-refractivity contribution is 6.34. The number of carboxylic acid groups (broad SMARTS) is 1. The number of piperazine rings is 1. The molecule has 16 heavy (non-hydrogen) atoms. The van der Waals surface area contributed by atoms with E-state index in [9.17, 15) is 4.79 Å². The number of rotatable bonds is 2. The number of hydrogen-bond acceptors (Lipinski definition) is 3. The van der Waals surface area contributed by atoms with E-state index in [-0.39, 0.29) is 5.56 Å². The van der Waals surface area contributed by atoms with Gasteiger partial charge in [0, 0.05) is 26.2 Å². The van der Waals surface area contributed by atoms with E-state index in [0.717, 1.165) is 26.2 Å². The second kappa shape index (κ2) is 4.72. The number of carboxylic acids is 1. The van der Waals surface area contributed by atoms with Gasteiger partial charge in [-0.3, -0.25) is 0 Å². The van der Waals surface area contributed by atoms with Crippen molar-refractivity contribution < 1.29 is 9.90 Å². The first-order valence-corrected chi connectivity index (χ1v) is 5.55. The average molecular weight is 241 g/mol. The fraction of sp³-hybridized carbons (Fsp3) is 0.364. The molecule has 0 atom stereocenters. The van der Waals surface area contributed by atoms with Crippen molar-refractivity contribution in [2.24, 2.45) is 0 Å². The SMILES string of the molecule is O=C(O)c1cccc(Cl)c1N1CCNCC1. The molecule has 0 spiro atoms. The van der Waals surface area contributed by atoms with Crippen molar-refractivity contribution in [3.63, 3.8) is 0 Å². The van der Waals surface area contributed by atoms with Crippen LogP contribution in [-0.2, 0) is 0 Å². The zero-order valence-electron chi connectivity index (χ0n) is 8.74. The summed E-state index contributed by atoms with van der Waals surface area (Å²) in [5.41, 5.74) is 0.910. The summed E-state index contributed by atoms with van der Waals surface area (Å²) in [6.45, 7) is 3.27. The van der Waals surface area contributed by atoms with Gasteiger partial charge in [-0.1, -0.05) is 17.7 Å². The molecular formula is C11H13ClN2O2. The molecule has 0 aliphatic carbocycles. The quantitative estimate of drug-likeness (QED) is 0.822. The minimum absolute atomic E-state index is 0.273. The van der Waals surface area contributed by atoms with Gasteiger partial charge in [-0.2, -0.15) is 0 Å². The van der Waals surface area contributed by atoms with Gasteiger partial charge >= 0.3 is 5.97 Å². The zero-order valence-corrected chi connectivity index (χ0v) is 9.50. The number of carbonyl (C=O) groups is 1. The van der Waals surface area contributed by atoms with Gasteiger partial charge in [0.25, 0.3) is 0 Å². The van der Waals surface area contributed by atoms with Gasteiger partial charge in [0.2, 0.25) is 0 Å². The molecule has 1 saturated heterocycles. The molecule has 0 aromatic heterocycles. The monoisotopic (exact) mass is 240 g/mol. The third kappa shape index (κ3) is 2.13. The zero-order chi connectivity index (χ0) is 11.5. The van der Waals surface area contributed by atoms with Gasteiger partial charge < -0.3 is 15.3 Å². The van der Waals surface area contributed by atoms with Gasteiger partial charge in [0.05, 0.1) is 16.3 Å². The van der Waals surface area contributed by atoms with Crippen LogP contribution >= 0.6 is 11.6 Å². The standard InChI is InChI=1S/C11H13ClN2O2/c12-9-3-1-2-8(11(15)16)10(9)14-6-4-13-5-7-14/h1-3,13H,4-7H2,(H,15,16). The van der Waals surface area contributed by atoms with Gasteiger partial charge in [-0.25, -0.2) is 4.79 Å². The van der Waals surface area contributed by atoms with E-state index in [1.165, 1.54) is 0 Å². The first kappa shape index (κ1) is 11.2. The first-order chi connectivity index (χ1) is 7.70. The van der Waals surface area contributed by atoms with Crippen LogP contribution in [0, 0.1) is 0 Å². The fourth-order valence-corrected chi connectivity index (χ4v) is 2.19. The number of nitrogens with zero attached hydrogens (tertiary/aromatic N) is 1. The Kier molecular flexibility index (Phi) is 3.31. The Balaban J connectivity index is 2.40. The Morgan fingerprint density at radius 3 is 2.69 bits per heavy atom. The van der Waals surface area contributed by atoms with E-state index in [1.54, 1.807) is 18.2 Å². The molecule has 0 unspecified atom stereocenters. The molecule has 2 rings (SSSR count). The molecule has 1 aromatic rings. The molecule has 1 heterocycles. The number of aromatic carboxylic acids is 1. The van der Waals surface area contributed by atoms with Crippen LogP contribution in [0.15, 0.2) is 18.2 Å². The van der Waals surface area contributed by atoms with E-state index in [2.05, 4.69) is 5.32 Å². The highest BCUT2D eigenvalue weighted by Gasteiger charge is 2.20. The lowest BCUT2D eigenvalue weighted by atomic mass is 10.1. The second-order valence-corrected chi connectivity index (χ2v) is 4.09. The minimum Gasteiger partial charge on any atom is -0.478 e. The van der Waals surface area contributed by atoms with Gasteiger partial charge in [0.1, 0.15) is 0 Å². The van der Waals surface area contributed by atoms with E-state index in [0.29, 0.717) is 10.7 Å². The van der Waals surface area contributed by atoms with Crippen LogP contribution in [0.4, 0.5) is 5.69 Å². The average Bonchev–Trinajstić information content (AvgIpc) is 2.29. The third-order valence-electron chi connectivity index (χ3n) is 2.65. The summed E-state index contributed by atoms with van der Waals surface area (Å²) in [6, 6.07) is 4.98. The topological polar surface area (TPSA) is 52.6 Å². The summed E-state index contributed by atoms with van der Waals surface area (Å²) in [6.07, 6.45) is 0. The molecule has 0 bridgehead atoms. The number of halogens is 1. The van der Waals surface area contributed by atoms with Crippen LogP contribution in [0.3, 0.4) is 0 Å². The summed E-state index contributed by atoms with van der Waals surface area (Å²) in [5, 5.41) is 12.8. The third-order valence-corrected chi connectivity index (χ3v) is 2.96. The van der Waals surface area contributed by atoms with Crippen LogP contribution in [0.2, 0.25) is 5.02 Å². The van der Waals surface area contributed by atoms with Crippen LogP contribution < -0.4 is 10.2 Å². The van der Waals surface area contributed by atoms with Crippen LogP contribution in [0.1, 0.15) is 10.4 Å². The second-order valence-electron chi connectivity index (χ2n) is 3.68. The van der Waals surface area contributed by atoms with E-state index in [4.69, 9.17) is 16.7 Å². The molecular weight excluding hydrogens is 228 g/mol. The molecule has 1 aliphatic heterocycles. The molecule has 1 aromatic carbocycles. The molecule has 2 N–H and O–H groups in total. The molecule has 86 valence electrons. The number of para-hydroxylation sites is 1. The molecule has 0 amide bonds. The van der Waals surface area contributed by atoms with Gasteiger partial charge in [0.15, 0.2) is 0 Å². The molecule has 0 saturated carbocycles. The summed E-state index contributed by atoms with van der Waals surface area (Å²) >= 11 is 6.08. The first-order valence-electron chi connectivity index (χ1n) is 5.17. The van der Waals surface area contributed by atoms with Crippen molar-refractivity contribution in [2.75, 3.05) is 31.1 Å². The van der Waals surface area contributed by atoms with Crippen molar-refractivity contribution >= 4 is 23.3 Å². The van der Waals surface area contributed by atoms with Crippen molar-refractivity contribution in [3.8, 4) is 0 Å². The van der Waals surface area contributed by atoms with Crippen LogP contribution in [-0.4, -0.2) is 37.3 Å². The van der Waals surface area contributed by atoms with Crippen molar-refractivity contribution in [1.29, 1.82) is 0 Å². The van der Waals surface area contributed by atoms with Crippen molar-refractivity contribution in [2.45, 2.75) is 0 Å². The largest absolute Gasteiger partial charge is 0.478 e. The molecule has 5 heteroatoms. The number of anilines is 1. The smallest absolute Gasteiger partial charge is 0.337 e.